The average molecular weight is 401 g/mol. The van der Waals surface area contributed by atoms with Gasteiger partial charge in [0.05, 0.1) is 10.7 Å². The molecule has 0 aliphatic heterocycles. The predicted octanol–water partition coefficient (Wildman–Crippen LogP) is 4.32. The van der Waals surface area contributed by atoms with Crippen LogP contribution in [0.1, 0.15) is 0 Å². The zero-order valence-electron chi connectivity index (χ0n) is 10.0. The smallest absolute Gasteiger partial charge is 0.264 e. The van der Waals surface area contributed by atoms with E-state index in [1.807, 2.05) is 4.72 Å². The van der Waals surface area contributed by atoms with Crippen LogP contribution in [-0.4, -0.2) is 8.42 Å². The number of anilines is 1. The van der Waals surface area contributed by atoms with Crippen LogP contribution in [0, 0.1) is 17.5 Å². The van der Waals surface area contributed by atoms with Crippen molar-refractivity contribution >= 4 is 43.2 Å². The third-order valence-corrected chi connectivity index (χ3v) is 4.73. The number of hydrogen-bond donors (Lipinski definition) is 1. The molecule has 112 valence electrons. The minimum absolute atomic E-state index is 0.0404. The SMILES string of the molecule is O=S(=O)(Nc1c(Cl)cc(F)cc1Br)c1ccc(F)cc1F. The molecule has 0 saturated carbocycles. The summed E-state index contributed by atoms with van der Waals surface area (Å²) in [6.45, 7) is 0. The van der Waals surface area contributed by atoms with Gasteiger partial charge in [-0.05, 0) is 40.2 Å². The van der Waals surface area contributed by atoms with Crippen molar-refractivity contribution in [2.24, 2.45) is 0 Å². The summed E-state index contributed by atoms with van der Waals surface area (Å²) < 4.78 is 65.7. The Morgan fingerprint density at radius 3 is 2.29 bits per heavy atom. The summed E-state index contributed by atoms with van der Waals surface area (Å²) in [6, 6.07) is 3.91. The Balaban J connectivity index is 2.47. The van der Waals surface area contributed by atoms with Crippen LogP contribution in [0.25, 0.3) is 0 Å². The fourth-order valence-corrected chi connectivity index (χ4v) is 3.77. The van der Waals surface area contributed by atoms with E-state index in [0.29, 0.717) is 6.07 Å². The average Bonchev–Trinajstić information content (AvgIpc) is 2.33. The molecule has 0 atom stereocenters. The maximum atomic E-state index is 13.6. The summed E-state index contributed by atoms with van der Waals surface area (Å²) in [6.07, 6.45) is 0. The molecule has 0 radical (unpaired) electrons. The molecule has 2 aromatic carbocycles. The zero-order valence-corrected chi connectivity index (χ0v) is 13.2. The van der Waals surface area contributed by atoms with Crippen molar-refractivity contribution in [3.63, 3.8) is 0 Å². The third kappa shape index (κ3) is 3.50. The molecule has 9 heteroatoms. The van der Waals surface area contributed by atoms with E-state index in [0.717, 1.165) is 24.3 Å². The second kappa shape index (κ2) is 5.86. The van der Waals surface area contributed by atoms with Crippen molar-refractivity contribution < 1.29 is 21.6 Å². The molecule has 0 bridgehead atoms. The van der Waals surface area contributed by atoms with Gasteiger partial charge in [-0.15, -0.1) is 0 Å². The van der Waals surface area contributed by atoms with Crippen LogP contribution < -0.4 is 4.72 Å². The van der Waals surface area contributed by atoms with Crippen LogP contribution in [0.4, 0.5) is 18.9 Å². The van der Waals surface area contributed by atoms with Crippen molar-refractivity contribution in [3.8, 4) is 0 Å². The van der Waals surface area contributed by atoms with Crippen molar-refractivity contribution in [2.75, 3.05) is 4.72 Å². The van der Waals surface area contributed by atoms with Crippen molar-refractivity contribution in [1.82, 2.24) is 0 Å². The molecule has 21 heavy (non-hydrogen) atoms. The van der Waals surface area contributed by atoms with Gasteiger partial charge in [0.25, 0.3) is 10.0 Å². The quantitative estimate of drug-likeness (QED) is 0.834. The normalized spacial score (nSPS) is 11.5. The maximum Gasteiger partial charge on any atom is 0.264 e. The summed E-state index contributed by atoms with van der Waals surface area (Å²) in [7, 11) is -4.35. The lowest BCUT2D eigenvalue weighted by atomic mass is 10.3. The summed E-state index contributed by atoms with van der Waals surface area (Å²) in [5.74, 6) is -2.84. The predicted molar refractivity (Wildman–Crippen MR) is 76.3 cm³/mol. The number of rotatable bonds is 3. The first kappa shape index (κ1) is 16.1. The lowest BCUT2D eigenvalue weighted by Crippen LogP contribution is -2.15. The van der Waals surface area contributed by atoms with Gasteiger partial charge in [-0.25, -0.2) is 21.6 Å². The Morgan fingerprint density at radius 2 is 1.71 bits per heavy atom. The van der Waals surface area contributed by atoms with E-state index in [2.05, 4.69) is 15.9 Å². The van der Waals surface area contributed by atoms with Gasteiger partial charge in [0, 0.05) is 10.5 Å². The van der Waals surface area contributed by atoms with Gasteiger partial charge in [0.1, 0.15) is 22.3 Å². The minimum atomic E-state index is -4.35. The first-order valence-electron chi connectivity index (χ1n) is 5.33. The Labute approximate surface area is 131 Å². The summed E-state index contributed by atoms with van der Waals surface area (Å²) in [5.41, 5.74) is -0.151. The summed E-state index contributed by atoms with van der Waals surface area (Å²) in [4.78, 5) is -0.754. The molecule has 0 fully saturated rings. The second-order valence-corrected chi connectivity index (χ2v) is 6.84. The van der Waals surface area contributed by atoms with E-state index in [1.54, 1.807) is 0 Å². The fraction of sp³-hybridized carbons (Fsp3) is 0. The number of nitrogens with one attached hydrogen (secondary N) is 1. The van der Waals surface area contributed by atoms with Gasteiger partial charge < -0.3 is 0 Å². The van der Waals surface area contributed by atoms with Crippen LogP contribution in [-0.2, 0) is 10.0 Å². The number of hydrogen-bond acceptors (Lipinski definition) is 2. The zero-order chi connectivity index (χ0) is 15.8. The van der Waals surface area contributed by atoms with Gasteiger partial charge in [-0.3, -0.25) is 4.72 Å². The van der Waals surface area contributed by atoms with Crippen molar-refractivity contribution in [1.29, 1.82) is 0 Å². The van der Waals surface area contributed by atoms with Gasteiger partial charge in [0.15, 0.2) is 0 Å². The molecule has 0 unspecified atom stereocenters. The molecule has 3 nitrogen and oxygen atoms in total. The molecule has 0 saturated heterocycles. The van der Waals surface area contributed by atoms with Gasteiger partial charge in [-0.2, -0.15) is 0 Å². The number of sulfonamides is 1. The first-order valence-corrected chi connectivity index (χ1v) is 7.98. The molecule has 0 aromatic heterocycles. The minimum Gasteiger partial charge on any atom is -0.277 e. The van der Waals surface area contributed by atoms with Crippen LogP contribution >= 0.6 is 27.5 Å². The first-order chi connectivity index (χ1) is 9.70. The topological polar surface area (TPSA) is 46.2 Å². The maximum absolute atomic E-state index is 13.6. The molecule has 0 aliphatic rings. The molecule has 1 N–H and O–H groups in total. The molecule has 2 rings (SSSR count). The third-order valence-electron chi connectivity index (χ3n) is 2.43. The van der Waals surface area contributed by atoms with Gasteiger partial charge in [-0.1, -0.05) is 11.6 Å². The van der Waals surface area contributed by atoms with Crippen LogP contribution in [0.5, 0.6) is 0 Å². The molecule has 0 heterocycles. The fourth-order valence-electron chi connectivity index (χ4n) is 1.52. The Morgan fingerprint density at radius 1 is 1.05 bits per heavy atom. The van der Waals surface area contributed by atoms with E-state index in [9.17, 15) is 21.6 Å². The van der Waals surface area contributed by atoms with Gasteiger partial charge >= 0.3 is 0 Å². The summed E-state index contributed by atoms with van der Waals surface area (Å²) >= 11 is 8.69. The lowest BCUT2D eigenvalue weighted by Gasteiger charge is -2.12. The molecular weight excluding hydrogens is 395 g/mol. The monoisotopic (exact) mass is 399 g/mol. The number of benzene rings is 2. The van der Waals surface area contributed by atoms with Crippen LogP contribution in [0.15, 0.2) is 39.7 Å². The largest absolute Gasteiger partial charge is 0.277 e. The van der Waals surface area contributed by atoms with E-state index in [-0.39, 0.29) is 15.2 Å². The van der Waals surface area contributed by atoms with E-state index in [4.69, 9.17) is 11.6 Å². The molecule has 0 spiro atoms. The molecule has 0 amide bonds. The van der Waals surface area contributed by atoms with Gasteiger partial charge in [0.2, 0.25) is 0 Å². The van der Waals surface area contributed by atoms with Crippen LogP contribution in [0.3, 0.4) is 0 Å². The molecule has 0 aliphatic carbocycles. The lowest BCUT2D eigenvalue weighted by molar-refractivity contribution is 0.551. The van der Waals surface area contributed by atoms with Crippen molar-refractivity contribution in [3.05, 3.63) is 57.3 Å². The highest BCUT2D eigenvalue weighted by Gasteiger charge is 2.22. The van der Waals surface area contributed by atoms with E-state index < -0.39 is 32.4 Å². The molecule has 2 aromatic rings. The number of halogens is 5. The Bertz CT molecular complexity index is 791. The van der Waals surface area contributed by atoms with E-state index >= 15 is 0 Å². The Hall–Kier alpha value is -1.25. The summed E-state index contributed by atoms with van der Waals surface area (Å²) in [5, 5.41) is -0.215. The second-order valence-electron chi connectivity index (χ2n) is 3.92. The highest BCUT2D eigenvalue weighted by molar-refractivity contribution is 9.10. The van der Waals surface area contributed by atoms with Crippen molar-refractivity contribution in [2.45, 2.75) is 4.90 Å². The highest BCUT2D eigenvalue weighted by Crippen LogP contribution is 2.33. The highest BCUT2D eigenvalue weighted by atomic mass is 79.9. The van der Waals surface area contributed by atoms with E-state index in [1.165, 1.54) is 0 Å². The van der Waals surface area contributed by atoms with Crippen LogP contribution in [0.2, 0.25) is 5.02 Å². The molecular formula is C12H6BrClF3NO2S. The Kier molecular flexibility index (Phi) is 4.50. The standard InChI is InChI=1S/C12H6BrClF3NO2S/c13-8-3-7(16)4-9(14)12(8)18-21(19,20)11-2-1-6(15)5-10(11)17/h1-5,18H.